The molecule has 2 saturated heterocycles. The minimum atomic E-state index is -0.811. The molecular weight excluding hydrogens is 1780 g/mol. The number of rotatable bonds is 28. The molecule has 0 bridgehead atoms. The monoisotopic (exact) mass is 1910 g/mol. The Labute approximate surface area is 794 Å². The molecule has 30 nitrogen and oxygen atoms in total. The van der Waals surface area contributed by atoms with Crippen LogP contribution in [0.4, 0.5) is 40.8 Å². The van der Waals surface area contributed by atoms with Gasteiger partial charge in [0.1, 0.15) is 120 Å². The number of hydrogen-bond acceptors (Lipinski definition) is 22. The first-order valence-electron chi connectivity index (χ1n) is 45.4. The number of anilines is 4. The first kappa shape index (κ1) is 103. The van der Waals surface area contributed by atoms with E-state index < -0.39 is 52.8 Å². The second-order valence-electron chi connectivity index (χ2n) is 35.6. The second kappa shape index (κ2) is 44.1. The number of likely N-dealkylation sites (N-methyl/N-ethyl adjacent to an activating group) is 1. The Balaban J connectivity index is 0.000000172. The average Bonchev–Trinajstić information content (AvgIpc) is 1.53. The molecule has 0 spiro atoms. The third kappa shape index (κ3) is 22.4. The number of likely N-dealkylation sites (tertiary alicyclic amines) is 1. The van der Waals surface area contributed by atoms with Crippen molar-refractivity contribution in [1.29, 1.82) is 0 Å². The number of halogens is 7. The largest absolute Gasteiger partial charge is 0.490 e. The number of nitrogens with two attached hydrogens (primary N) is 4. The predicted molar refractivity (Wildman–Crippen MR) is 517 cm³/mol. The summed E-state index contributed by atoms with van der Waals surface area (Å²) in [5, 5.41) is 7.98. The van der Waals surface area contributed by atoms with Crippen LogP contribution in [0.2, 0.25) is 15.1 Å². The van der Waals surface area contributed by atoms with E-state index in [1.54, 1.807) is 54.3 Å². The molecule has 6 unspecified atom stereocenters. The van der Waals surface area contributed by atoms with E-state index in [0.29, 0.717) is 147 Å². The van der Waals surface area contributed by atoms with Crippen LogP contribution in [0.5, 0.6) is 23.0 Å². The lowest BCUT2D eigenvalue weighted by Gasteiger charge is -2.32. The van der Waals surface area contributed by atoms with Gasteiger partial charge in [-0.3, -0.25) is 41.7 Å². The number of imidazole rings is 4. The predicted octanol–water partition coefficient (Wildman–Crippen LogP) is 17.5. The number of amides is 4. The third-order valence-electron chi connectivity index (χ3n) is 24.0. The van der Waals surface area contributed by atoms with Crippen LogP contribution in [0, 0.1) is 62.8 Å². The molecule has 11 N–H and O–H groups in total. The molecule has 0 saturated carbocycles. The lowest BCUT2D eigenvalue weighted by atomic mass is 9.95. The fourth-order valence-electron chi connectivity index (χ4n) is 16.6. The number of nitrogens with one attached hydrogen (secondary N) is 3. The van der Waals surface area contributed by atoms with Crippen molar-refractivity contribution in [3.8, 4) is 23.0 Å². The first-order chi connectivity index (χ1) is 63.4. The van der Waals surface area contributed by atoms with Crippen molar-refractivity contribution in [1.82, 2.24) is 88.1 Å². The molecule has 2 aliphatic rings. The first-order valence-corrected chi connectivity index (χ1v) is 46.5. The maximum absolute atomic E-state index is 15.4. The van der Waals surface area contributed by atoms with E-state index in [1.165, 1.54) is 24.3 Å². The zero-order valence-electron chi connectivity index (χ0n) is 80.3. The number of fused-ring (bicyclic) bond motifs is 4. The summed E-state index contributed by atoms with van der Waals surface area (Å²) in [6.45, 7) is 46.2. The van der Waals surface area contributed by atoms with Crippen LogP contribution < -0.4 is 57.8 Å². The number of piperazine rings is 1. The standard InChI is InChI=1S/C26H35ClFN7O2.C25H32FN5O2.C24H31ClFN5O2.C22H27ClFN5O2/c1-15(2)37-23-18(16(3)25-32-17(4)22-24(29)30-7-9-35(22)25)14-19(27)21(28)20(23)26(36)31-6-8-34-12-10-33(5)11-13-34;1-6-17-9-11-30(13-17)25(32)20-19(26)8-7-18(22(20)33-14(2)3)15(4)24-29-16(5)21-23(27)28-10-12-31(21)24;1-11(2)14(6)30-24(32)18-19(26)17(25)10-16(21(18)33-12(3)4)13(5)23-29-15(7)20-22(27)28-8-9-31(20)23;1-6-7-27-22(30)16-17(24)15(23)10-14(19(16)31-11(2)3)12(4)21-28-13(5)18-20(25)26-8-9-29(18)21/h7,9,14-16H,6,8,10-13H2,1-5H3,(H2,29,30)(H,31,36);7-8,10,12,14-15,17H,6,9,11,13H2,1-5H3,(H2,27,28);8-14H,1-7H3,(H2,27,28)(H,30,32);8-12H,6-7H2,1-5H3,(H2,25,26)(H,27,30). The smallest absolute Gasteiger partial charge is 0.260 e. The number of benzene rings is 4. The Kier molecular flexibility index (Phi) is 33.8. The van der Waals surface area contributed by atoms with Crippen molar-refractivity contribution in [3.05, 3.63) is 209 Å². The zero-order valence-corrected chi connectivity index (χ0v) is 82.5. The fraction of sp³-hybridized carbons (Fsp3) is 0.464. The van der Waals surface area contributed by atoms with Crippen LogP contribution in [-0.2, 0) is 0 Å². The Hall–Kier alpha value is -11.9. The Morgan fingerprint density at radius 1 is 0.455 bits per heavy atom. The maximum atomic E-state index is 15.4. The highest BCUT2D eigenvalue weighted by Crippen LogP contribution is 2.46. The molecule has 6 atom stereocenters. The normalized spacial score (nSPS) is 14.8. The average molecular weight is 1910 g/mol. The molecule has 8 aromatic heterocycles. The summed E-state index contributed by atoms with van der Waals surface area (Å²) in [7, 11) is 2.09. The highest BCUT2D eigenvalue weighted by molar-refractivity contribution is 6.32. The van der Waals surface area contributed by atoms with E-state index in [4.69, 9.17) is 91.6 Å². The SMILES string of the molecule is CCC1CCN(C(=O)c2c(F)ccc(C(C)c3nc(C)c4c(N)nccn34)c2OC(C)C)C1.CCCNC(=O)c1c(F)c(Cl)cc(C(C)c2nc(C)c3c(N)nccn23)c1OC(C)C.Cc1nc(C(C)c2cc(Cl)c(F)c(C(=O)NC(C)C(C)C)c2OC(C)C)n2ccnc(N)c12.Cc1nc(C(C)c2cc(Cl)c(F)c(C(=O)NCCN3CCN(C)CC3)c2OC(C)C)n2ccnc(N)c12. The van der Waals surface area contributed by atoms with Gasteiger partial charge in [0.2, 0.25) is 0 Å². The molecule has 0 radical (unpaired) electrons. The van der Waals surface area contributed by atoms with E-state index in [2.05, 4.69) is 64.6 Å². The van der Waals surface area contributed by atoms with Crippen LogP contribution >= 0.6 is 34.8 Å². The number of nitrogen functional groups attached to an aromatic ring is 4. The van der Waals surface area contributed by atoms with Gasteiger partial charge < -0.3 is 67.6 Å². The zero-order chi connectivity index (χ0) is 98.2. The molecule has 2 fully saturated rings. The molecule has 14 rings (SSSR count). The van der Waals surface area contributed by atoms with E-state index in [0.717, 1.165) is 56.1 Å². The van der Waals surface area contributed by atoms with E-state index in [9.17, 15) is 19.2 Å². The molecule has 4 amide bonds. The minimum absolute atomic E-state index is 0.00330. The maximum Gasteiger partial charge on any atom is 0.260 e. The Bertz CT molecular complexity index is 6290. The Morgan fingerprint density at radius 3 is 1.10 bits per heavy atom. The number of aryl methyl sites for hydroxylation is 4. The van der Waals surface area contributed by atoms with Gasteiger partial charge in [0.05, 0.1) is 62.3 Å². The van der Waals surface area contributed by atoms with Crippen molar-refractivity contribution in [2.75, 3.05) is 88.9 Å². The molecule has 2 aliphatic heterocycles. The van der Waals surface area contributed by atoms with Crippen LogP contribution in [0.25, 0.3) is 22.1 Å². The number of hydrogen-bond donors (Lipinski definition) is 7. The summed E-state index contributed by atoms with van der Waals surface area (Å²) < 4.78 is 92.5. The van der Waals surface area contributed by atoms with Crippen LogP contribution in [0.15, 0.2) is 79.9 Å². The van der Waals surface area contributed by atoms with Gasteiger partial charge in [0, 0.05) is 160 Å². The molecule has 12 aromatic rings. The highest BCUT2D eigenvalue weighted by atomic mass is 35.5. The number of ether oxygens (including phenoxy) is 4. The van der Waals surface area contributed by atoms with Crippen LogP contribution in [0.3, 0.4) is 0 Å². The second-order valence-corrected chi connectivity index (χ2v) is 36.8. The third-order valence-corrected chi connectivity index (χ3v) is 24.8. The van der Waals surface area contributed by atoms with Gasteiger partial charge >= 0.3 is 0 Å². The van der Waals surface area contributed by atoms with Gasteiger partial charge in [-0.1, -0.05) is 103 Å². The molecular formula is C97H125Cl3F4N22O8. The van der Waals surface area contributed by atoms with Gasteiger partial charge in [-0.2, -0.15) is 0 Å². The number of nitrogens with zero attached hydrogens (tertiary/aromatic N) is 15. The summed E-state index contributed by atoms with van der Waals surface area (Å²) >= 11 is 18.8. The number of carbonyl (C=O) groups is 4. The van der Waals surface area contributed by atoms with E-state index in [1.807, 2.05) is 162 Å². The fourth-order valence-corrected chi connectivity index (χ4v) is 17.3. The van der Waals surface area contributed by atoms with Gasteiger partial charge in [0.25, 0.3) is 23.6 Å². The molecule has 134 heavy (non-hydrogen) atoms. The van der Waals surface area contributed by atoms with Gasteiger partial charge in [-0.25, -0.2) is 57.4 Å². The number of carbonyl (C=O) groups excluding carboxylic acids is 4. The van der Waals surface area contributed by atoms with Crippen molar-refractivity contribution in [2.45, 2.75) is 219 Å². The molecule has 0 aliphatic carbocycles. The van der Waals surface area contributed by atoms with Crippen LogP contribution in [-0.4, -0.2) is 192 Å². The van der Waals surface area contributed by atoms with Crippen molar-refractivity contribution < 1.29 is 55.7 Å². The van der Waals surface area contributed by atoms with Crippen molar-refractivity contribution in [3.63, 3.8) is 0 Å². The van der Waals surface area contributed by atoms with Crippen molar-refractivity contribution in [2.24, 2.45) is 11.8 Å². The lowest BCUT2D eigenvalue weighted by Crippen LogP contribution is -2.47. The summed E-state index contributed by atoms with van der Waals surface area (Å²) in [6, 6.07) is 7.39. The Morgan fingerprint density at radius 2 is 0.784 bits per heavy atom. The van der Waals surface area contributed by atoms with E-state index in [-0.39, 0.29) is 109 Å². The summed E-state index contributed by atoms with van der Waals surface area (Å²) in [5.41, 5.74) is 31.8. The van der Waals surface area contributed by atoms with Gasteiger partial charge in [-0.15, -0.1) is 0 Å². The molecule has 37 heteroatoms. The summed E-state index contributed by atoms with van der Waals surface area (Å²) in [6.07, 6.45) is 15.1. The summed E-state index contributed by atoms with van der Waals surface area (Å²) in [4.78, 5) is 94.5. The molecule has 4 aromatic carbocycles. The summed E-state index contributed by atoms with van der Waals surface area (Å²) in [5.74, 6) is -0.899. The molecule has 10 heterocycles. The number of aromatic nitrogens is 12. The molecule has 720 valence electrons. The quantitative estimate of drug-likeness (QED) is 0.0224. The highest BCUT2D eigenvalue weighted by Gasteiger charge is 2.38. The topological polar surface area (TPSA) is 376 Å². The van der Waals surface area contributed by atoms with Crippen molar-refractivity contribution >= 4 is 104 Å². The van der Waals surface area contributed by atoms with Gasteiger partial charge in [0.15, 0.2) is 17.5 Å². The lowest BCUT2D eigenvalue weighted by molar-refractivity contribution is 0.0773. The minimum Gasteiger partial charge on any atom is -0.490 e. The van der Waals surface area contributed by atoms with E-state index >= 15 is 17.6 Å². The van der Waals surface area contributed by atoms with Gasteiger partial charge in [-0.05, 0) is 146 Å². The van der Waals surface area contributed by atoms with Crippen LogP contribution in [0.1, 0.15) is 270 Å².